The Morgan fingerprint density at radius 2 is 2.09 bits per heavy atom. The molecule has 3 rings (SSSR count). The number of amides is 1. The van der Waals surface area contributed by atoms with Crippen LogP contribution in [-0.4, -0.2) is 50.3 Å². The molecule has 5 heteroatoms. The number of hydrogen-bond acceptors (Lipinski definition) is 4. The summed E-state index contributed by atoms with van der Waals surface area (Å²) in [6.45, 7) is 0.683. The quantitative estimate of drug-likeness (QED) is 0.807. The number of nitrogens with zero attached hydrogens (tertiary/aromatic N) is 1. The van der Waals surface area contributed by atoms with Gasteiger partial charge in [-0.15, -0.1) is 0 Å². The summed E-state index contributed by atoms with van der Waals surface area (Å²) in [5.41, 5.74) is 0. The third-order valence-corrected chi connectivity index (χ3v) is 4.76. The summed E-state index contributed by atoms with van der Waals surface area (Å²) in [6.07, 6.45) is 3.39. The Morgan fingerprint density at radius 3 is 2.86 bits per heavy atom. The van der Waals surface area contributed by atoms with Crippen LogP contribution in [0.3, 0.4) is 0 Å². The van der Waals surface area contributed by atoms with Crippen molar-refractivity contribution in [3.63, 3.8) is 0 Å². The normalized spacial score (nSPS) is 26.3. The number of benzene rings is 1. The molecule has 1 amide bonds. The van der Waals surface area contributed by atoms with Crippen LogP contribution in [0.5, 0.6) is 11.5 Å². The fourth-order valence-corrected chi connectivity index (χ4v) is 3.77. The van der Waals surface area contributed by atoms with Crippen molar-refractivity contribution < 1.29 is 19.0 Å². The van der Waals surface area contributed by atoms with Crippen molar-refractivity contribution in [2.45, 2.75) is 31.3 Å². The largest absolute Gasteiger partial charge is 0.497 e. The summed E-state index contributed by atoms with van der Waals surface area (Å²) in [7, 11) is 3.20. The van der Waals surface area contributed by atoms with Gasteiger partial charge in [0, 0.05) is 19.2 Å². The third-order valence-electron chi connectivity index (χ3n) is 4.76. The van der Waals surface area contributed by atoms with Crippen molar-refractivity contribution in [3.05, 3.63) is 24.3 Å². The number of piperidine rings is 1. The van der Waals surface area contributed by atoms with E-state index in [0.29, 0.717) is 18.6 Å². The standard InChI is InChI=1S/C17H23NO4/c1-20-11-17(19)18-13-7-6-12(8-13)16(18)10-22-15-5-3-4-14(9-15)21-2/h3-5,9,12-13,16H,6-8,10-11H2,1-2H3/t12-,13+,16+/m0/s1. The van der Waals surface area contributed by atoms with Gasteiger partial charge >= 0.3 is 0 Å². The molecule has 1 aliphatic heterocycles. The Bertz CT molecular complexity index is 533. The molecular weight excluding hydrogens is 282 g/mol. The van der Waals surface area contributed by atoms with E-state index >= 15 is 0 Å². The highest BCUT2D eigenvalue weighted by Crippen LogP contribution is 2.42. The van der Waals surface area contributed by atoms with Gasteiger partial charge in [0.25, 0.3) is 0 Å². The second-order valence-electron chi connectivity index (χ2n) is 6.02. The van der Waals surface area contributed by atoms with E-state index in [9.17, 15) is 4.79 Å². The van der Waals surface area contributed by atoms with Gasteiger partial charge in [-0.2, -0.15) is 0 Å². The zero-order chi connectivity index (χ0) is 15.5. The maximum absolute atomic E-state index is 12.3. The summed E-state index contributed by atoms with van der Waals surface area (Å²) in [4.78, 5) is 14.3. The van der Waals surface area contributed by atoms with Gasteiger partial charge < -0.3 is 19.1 Å². The number of fused-ring (bicyclic) bond motifs is 2. The van der Waals surface area contributed by atoms with Gasteiger partial charge in [-0.05, 0) is 37.3 Å². The topological polar surface area (TPSA) is 48.0 Å². The second kappa shape index (κ2) is 6.57. The molecule has 0 unspecified atom stereocenters. The van der Waals surface area contributed by atoms with E-state index in [0.717, 1.165) is 24.3 Å². The lowest BCUT2D eigenvalue weighted by Crippen LogP contribution is -2.49. The molecule has 1 aromatic rings. The van der Waals surface area contributed by atoms with Crippen LogP contribution < -0.4 is 9.47 Å². The molecule has 3 atom stereocenters. The van der Waals surface area contributed by atoms with E-state index in [4.69, 9.17) is 14.2 Å². The summed E-state index contributed by atoms with van der Waals surface area (Å²) < 4.78 is 16.2. The van der Waals surface area contributed by atoms with Crippen molar-refractivity contribution >= 4 is 5.91 Å². The lowest BCUT2D eigenvalue weighted by atomic mass is 9.99. The minimum atomic E-state index is 0.0777. The van der Waals surface area contributed by atoms with Crippen molar-refractivity contribution in [1.82, 2.24) is 4.90 Å². The molecule has 1 aliphatic carbocycles. The molecule has 1 aromatic carbocycles. The van der Waals surface area contributed by atoms with Gasteiger partial charge in [0.2, 0.25) is 5.91 Å². The maximum atomic E-state index is 12.3. The second-order valence-corrected chi connectivity index (χ2v) is 6.02. The molecule has 1 heterocycles. The van der Waals surface area contributed by atoms with Gasteiger partial charge in [-0.3, -0.25) is 4.79 Å². The SMILES string of the molecule is COCC(=O)N1[C@@H]2CC[C@@H](C2)[C@H]1COc1cccc(OC)c1. The molecule has 2 fully saturated rings. The summed E-state index contributed by atoms with van der Waals surface area (Å²) in [5.74, 6) is 2.18. The Labute approximate surface area is 131 Å². The van der Waals surface area contributed by atoms with Crippen molar-refractivity contribution in [3.8, 4) is 11.5 Å². The minimum absolute atomic E-state index is 0.0777. The maximum Gasteiger partial charge on any atom is 0.249 e. The number of carbonyl (C=O) groups is 1. The molecule has 1 saturated heterocycles. The number of methoxy groups -OCH3 is 2. The van der Waals surface area contributed by atoms with Gasteiger partial charge in [-0.1, -0.05) is 6.07 Å². The van der Waals surface area contributed by atoms with Crippen molar-refractivity contribution in [2.24, 2.45) is 5.92 Å². The van der Waals surface area contributed by atoms with Crippen LogP contribution >= 0.6 is 0 Å². The smallest absolute Gasteiger partial charge is 0.249 e. The molecule has 0 aromatic heterocycles. The lowest BCUT2D eigenvalue weighted by Gasteiger charge is -2.35. The highest BCUT2D eigenvalue weighted by Gasteiger charge is 2.48. The van der Waals surface area contributed by atoms with E-state index in [1.165, 1.54) is 6.42 Å². The average molecular weight is 305 g/mol. The zero-order valence-electron chi connectivity index (χ0n) is 13.2. The minimum Gasteiger partial charge on any atom is -0.497 e. The molecule has 5 nitrogen and oxygen atoms in total. The predicted molar refractivity (Wildman–Crippen MR) is 82.1 cm³/mol. The van der Waals surface area contributed by atoms with Crippen LogP contribution in [-0.2, 0) is 9.53 Å². The Kier molecular flexibility index (Phi) is 4.52. The number of likely N-dealkylation sites (tertiary alicyclic amines) is 1. The monoisotopic (exact) mass is 305 g/mol. The summed E-state index contributed by atoms with van der Waals surface area (Å²) in [5, 5.41) is 0. The highest BCUT2D eigenvalue weighted by molar-refractivity contribution is 5.78. The molecule has 120 valence electrons. The average Bonchev–Trinajstić information content (AvgIpc) is 3.14. The first-order valence-corrected chi connectivity index (χ1v) is 7.80. The molecule has 2 bridgehead atoms. The fraction of sp³-hybridized carbons (Fsp3) is 0.588. The van der Waals surface area contributed by atoms with Crippen molar-refractivity contribution in [2.75, 3.05) is 27.4 Å². The number of ether oxygens (including phenoxy) is 3. The van der Waals surface area contributed by atoms with Crippen molar-refractivity contribution in [1.29, 1.82) is 0 Å². The highest BCUT2D eigenvalue weighted by atomic mass is 16.5. The van der Waals surface area contributed by atoms with Crippen LogP contribution in [0.2, 0.25) is 0 Å². The molecule has 1 saturated carbocycles. The zero-order valence-corrected chi connectivity index (χ0v) is 13.2. The first-order chi connectivity index (χ1) is 10.7. The van der Waals surface area contributed by atoms with Crippen LogP contribution in [0.4, 0.5) is 0 Å². The van der Waals surface area contributed by atoms with E-state index < -0.39 is 0 Å². The van der Waals surface area contributed by atoms with Crippen LogP contribution in [0, 0.1) is 5.92 Å². The third kappa shape index (κ3) is 2.90. The number of rotatable bonds is 6. The van der Waals surface area contributed by atoms with Crippen LogP contribution in [0.15, 0.2) is 24.3 Å². The molecular formula is C17H23NO4. The lowest BCUT2D eigenvalue weighted by molar-refractivity contribution is -0.140. The first kappa shape index (κ1) is 15.2. The van der Waals surface area contributed by atoms with Gasteiger partial charge in [0.15, 0.2) is 0 Å². The van der Waals surface area contributed by atoms with E-state index in [1.807, 2.05) is 29.2 Å². The molecule has 2 aliphatic rings. The number of carbonyl (C=O) groups excluding carboxylic acids is 1. The van der Waals surface area contributed by atoms with Crippen LogP contribution in [0.25, 0.3) is 0 Å². The van der Waals surface area contributed by atoms with Gasteiger partial charge in [-0.25, -0.2) is 0 Å². The van der Waals surface area contributed by atoms with Gasteiger partial charge in [0.05, 0.1) is 13.2 Å². The van der Waals surface area contributed by atoms with Gasteiger partial charge in [0.1, 0.15) is 24.7 Å². The Balaban J connectivity index is 1.66. The van der Waals surface area contributed by atoms with E-state index in [1.54, 1.807) is 14.2 Å². The Morgan fingerprint density at radius 1 is 1.27 bits per heavy atom. The molecule has 0 spiro atoms. The van der Waals surface area contributed by atoms with Crippen LogP contribution in [0.1, 0.15) is 19.3 Å². The number of hydrogen-bond donors (Lipinski definition) is 0. The Hall–Kier alpha value is -1.75. The van der Waals surface area contributed by atoms with E-state index in [2.05, 4.69) is 0 Å². The molecule has 22 heavy (non-hydrogen) atoms. The summed E-state index contributed by atoms with van der Waals surface area (Å²) >= 11 is 0. The summed E-state index contributed by atoms with van der Waals surface area (Å²) in [6, 6.07) is 8.10. The first-order valence-electron chi connectivity index (χ1n) is 7.80. The molecule has 0 N–H and O–H groups in total. The predicted octanol–water partition coefficient (Wildman–Crippen LogP) is 2.10. The fourth-order valence-electron chi connectivity index (χ4n) is 3.77. The molecule has 0 radical (unpaired) electrons. The van der Waals surface area contributed by atoms with E-state index in [-0.39, 0.29) is 18.6 Å².